The highest BCUT2D eigenvalue weighted by atomic mass is 32.2. The molecule has 2 N–H and O–H groups in total. The van der Waals surface area contributed by atoms with Crippen molar-refractivity contribution < 1.29 is 27.9 Å². The van der Waals surface area contributed by atoms with Gasteiger partial charge in [0.15, 0.2) is 0 Å². The summed E-state index contributed by atoms with van der Waals surface area (Å²) in [5.74, 6) is -1.10. The fourth-order valence-corrected chi connectivity index (χ4v) is 3.20. The minimum Gasteiger partial charge on any atom is -0.497 e. The number of amides is 2. The lowest BCUT2D eigenvalue weighted by Crippen LogP contribution is -2.36. The Bertz CT molecular complexity index is 961. The second-order valence-electron chi connectivity index (χ2n) is 5.71. The summed E-state index contributed by atoms with van der Waals surface area (Å²) in [5, 5.41) is 12.3. The molecule has 1 aromatic heterocycles. The molecule has 0 fully saturated rings. The summed E-state index contributed by atoms with van der Waals surface area (Å²) in [4.78, 5) is 24.7. The van der Waals surface area contributed by atoms with Crippen LogP contribution in [0.25, 0.3) is 10.4 Å². The minimum absolute atomic E-state index is 0.0809. The molecule has 26 heavy (non-hydrogen) atoms. The number of carbonyl (C=O) groups excluding carboxylic acids is 2. The van der Waals surface area contributed by atoms with Gasteiger partial charge in [-0.25, -0.2) is 0 Å². The molecular weight excluding hydrogens is 380 g/mol. The third-order valence-electron chi connectivity index (χ3n) is 3.28. The van der Waals surface area contributed by atoms with Gasteiger partial charge in [-0.05, 0) is 49.7 Å². The number of benzene rings is 1. The smallest absolute Gasteiger partial charge is 0.319 e. The van der Waals surface area contributed by atoms with Crippen molar-refractivity contribution in [1.82, 2.24) is 0 Å². The number of thiophene rings is 1. The molecule has 0 unspecified atom stereocenters. The highest BCUT2D eigenvalue weighted by molar-refractivity contribution is 7.62. The van der Waals surface area contributed by atoms with E-state index >= 15 is 0 Å². The molecular formula is C16H16N2O6S2. The summed E-state index contributed by atoms with van der Waals surface area (Å²) in [6.07, 6.45) is 0. The zero-order chi connectivity index (χ0) is 19.5. The van der Waals surface area contributed by atoms with E-state index in [9.17, 15) is 23.1 Å². The quantitative estimate of drug-likeness (QED) is 0.800. The van der Waals surface area contributed by atoms with E-state index in [4.69, 9.17) is 4.74 Å². The third kappa shape index (κ3) is 4.75. The topological polar surface area (TPSA) is 122 Å². The number of hydrogen-bond acceptors (Lipinski definition) is 7. The zero-order valence-corrected chi connectivity index (χ0v) is 15.8. The van der Waals surface area contributed by atoms with Crippen molar-refractivity contribution in [1.29, 1.82) is 0 Å². The first-order valence-electron chi connectivity index (χ1n) is 7.29. The highest BCUT2D eigenvalue weighted by Crippen LogP contribution is 2.37. The van der Waals surface area contributed by atoms with E-state index in [2.05, 4.69) is 9.68 Å². The van der Waals surface area contributed by atoms with Gasteiger partial charge in [-0.3, -0.25) is 9.59 Å². The minimum atomic E-state index is -2.92. The van der Waals surface area contributed by atoms with Crippen LogP contribution >= 0.6 is 11.3 Å². The Hall–Kier alpha value is -2.56. The van der Waals surface area contributed by atoms with Crippen LogP contribution < -0.4 is 10.1 Å². The normalized spacial score (nSPS) is 10.9. The average Bonchev–Trinajstić information content (AvgIpc) is 2.97. The van der Waals surface area contributed by atoms with Crippen LogP contribution in [-0.2, 0) is 15.3 Å². The lowest BCUT2D eigenvalue weighted by Gasteiger charge is -2.16. The van der Waals surface area contributed by atoms with Crippen LogP contribution in [0.2, 0.25) is 0 Å². The molecule has 0 spiro atoms. The predicted molar refractivity (Wildman–Crippen MR) is 96.9 cm³/mol. The summed E-state index contributed by atoms with van der Waals surface area (Å²) in [7, 11) is -1.39. The number of aliphatic hydroxyl groups is 1. The third-order valence-corrected chi connectivity index (χ3v) is 4.69. The summed E-state index contributed by atoms with van der Waals surface area (Å²) in [6.45, 7) is 2.58. The van der Waals surface area contributed by atoms with Gasteiger partial charge in [0.1, 0.15) is 16.4 Å². The van der Waals surface area contributed by atoms with Crippen LogP contribution in [-0.4, -0.2) is 38.0 Å². The molecule has 2 rings (SSSR count). The molecule has 8 nitrogen and oxygen atoms in total. The molecule has 0 bridgehead atoms. The van der Waals surface area contributed by atoms with Gasteiger partial charge in [-0.15, -0.1) is 11.3 Å². The maximum atomic E-state index is 12.1. The second kappa shape index (κ2) is 7.77. The van der Waals surface area contributed by atoms with Crippen molar-refractivity contribution in [3.63, 3.8) is 0 Å². The van der Waals surface area contributed by atoms with Gasteiger partial charge in [0.2, 0.25) is 0 Å². The fraction of sp³-hybridized carbons (Fsp3) is 0.250. The molecule has 0 aliphatic rings. The standard InChI is InChI=1S/C16H16N2O6S2/c1-16(2,21)15(20)17-14-11(13(19)18-26(22)23)8-12(25-14)9-4-6-10(24-3)7-5-9/h4-8,21H,1-3H3,(H,17,20). The highest BCUT2D eigenvalue weighted by Gasteiger charge is 2.27. The molecule has 1 heterocycles. The Morgan fingerprint density at radius 1 is 1.23 bits per heavy atom. The lowest BCUT2D eigenvalue weighted by molar-refractivity contribution is -0.130. The molecule has 0 saturated heterocycles. The molecule has 0 atom stereocenters. The van der Waals surface area contributed by atoms with Crippen molar-refractivity contribution in [2.24, 2.45) is 4.36 Å². The molecule has 2 aromatic rings. The lowest BCUT2D eigenvalue weighted by atomic mass is 10.1. The van der Waals surface area contributed by atoms with Gasteiger partial charge in [0, 0.05) is 4.88 Å². The van der Waals surface area contributed by atoms with E-state index < -0.39 is 27.9 Å². The molecule has 1 aromatic carbocycles. The maximum Gasteiger partial charge on any atom is 0.319 e. The van der Waals surface area contributed by atoms with Crippen LogP contribution in [0.4, 0.5) is 5.00 Å². The van der Waals surface area contributed by atoms with Crippen LogP contribution in [0.3, 0.4) is 0 Å². The predicted octanol–water partition coefficient (Wildman–Crippen LogP) is 2.34. The number of rotatable bonds is 5. The molecule has 0 saturated carbocycles. The van der Waals surface area contributed by atoms with Gasteiger partial charge < -0.3 is 15.2 Å². The maximum absolute atomic E-state index is 12.1. The van der Waals surface area contributed by atoms with E-state index in [1.54, 1.807) is 24.3 Å². The molecule has 2 amide bonds. The van der Waals surface area contributed by atoms with E-state index in [1.165, 1.54) is 27.0 Å². The Morgan fingerprint density at radius 2 is 1.85 bits per heavy atom. The van der Waals surface area contributed by atoms with E-state index in [-0.39, 0.29) is 10.6 Å². The number of anilines is 1. The second-order valence-corrected chi connectivity index (χ2v) is 7.38. The number of nitrogens with one attached hydrogen (secondary N) is 1. The molecule has 10 heteroatoms. The number of methoxy groups -OCH3 is 1. The Kier molecular flexibility index (Phi) is 5.90. The fourth-order valence-electron chi connectivity index (χ4n) is 1.91. The largest absolute Gasteiger partial charge is 0.497 e. The van der Waals surface area contributed by atoms with E-state index in [0.29, 0.717) is 10.6 Å². The van der Waals surface area contributed by atoms with Crippen LogP contribution in [0, 0.1) is 0 Å². The first-order valence-corrected chi connectivity index (χ1v) is 9.14. The number of ether oxygens (including phenoxy) is 1. The zero-order valence-electron chi connectivity index (χ0n) is 14.1. The molecule has 0 radical (unpaired) electrons. The molecule has 0 aliphatic heterocycles. The van der Waals surface area contributed by atoms with Crippen LogP contribution in [0.5, 0.6) is 5.75 Å². The van der Waals surface area contributed by atoms with Crippen molar-refractivity contribution in [3.8, 4) is 16.2 Å². The van der Waals surface area contributed by atoms with E-state index in [1.807, 2.05) is 0 Å². The molecule has 138 valence electrons. The first-order chi connectivity index (χ1) is 12.1. The first kappa shape index (κ1) is 19.8. The summed E-state index contributed by atoms with van der Waals surface area (Å²) < 4.78 is 29.4. The van der Waals surface area contributed by atoms with Gasteiger partial charge in [0.25, 0.3) is 11.8 Å². The van der Waals surface area contributed by atoms with Gasteiger partial charge in [-0.1, -0.05) is 4.36 Å². The number of nitrogens with zero attached hydrogens (tertiary/aromatic N) is 1. The summed E-state index contributed by atoms with van der Waals surface area (Å²) in [6, 6.07) is 8.39. The number of hydrogen-bond donors (Lipinski definition) is 2. The Labute approximate surface area is 155 Å². The number of carbonyl (C=O) groups is 2. The molecule has 0 aliphatic carbocycles. The van der Waals surface area contributed by atoms with Crippen molar-refractivity contribution >= 4 is 38.7 Å². The van der Waals surface area contributed by atoms with Crippen LogP contribution in [0.1, 0.15) is 24.2 Å². The Morgan fingerprint density at radius 3 is 2.35 bits per heavy atom. The van der Waals surface area contributed by atoms with Crippen molar-refractivity contribution in [2.45, 2.75) is 19.4 Å². The summed E-state index contributed by atoms with van der Waals surface area (Å²) >= 11 is 1.06. The average molecular weight is 396 g/mol. The summed E-state index contributed by atoms with van der Waals surface area (Å²) in [5.41, 5.74) is -1.03. The van der Waals surface area contributed by atoms with E-state index in [0.717, 1.165) is 16.9 Å². The SMILES string of the molecule is COc1ccc(-c2cc(C(=O)N=S(=O)=O)c(NC(=O)C(C)(C)O)s2)cc1. The van der Waals surface area contributed by atoms with Crippen molar-refractivity contribution in [3.05, 3.63) is 35.9 Å². The monoisotopic (exact) mass is 396 g/mol. The van der Waals surface area contributed by atoms with Gasteiger partial charge in [-0.2, -0.15) is 8.42 Å². The van der Waals surface area contributed by atoms with Crippen LogP contribution in [0.15, 0.2) is 34.7 Å². The van der Waals surface area contributed by atoms with Crippen molar-refractivity contribution in [2.75, 3.05) is 12.4 Å². The van der Waals surface area contributed by atoms with Gasteiger partial charge >= 0.3 is 10.5 Å². The Balaban J connectivity index is 2.50. The van der Waals surface area contributed by atoms with Gasteiger partial charge in [0.05, 0.1) is 12.7 Å².